The molecule has 7 heteroatoms. The van der Waals surface area contributed by atoms with Gasteiger partial charge in [-0.1, -0.05) is 19.1 Å². The minimum Gasteiger partial charge on any atom is -0.469 e. The van der Waals surface area contributed by atoms with Crippen molar-refractivity contribution in [3.8, 4) is 0 Å². The van der Waals surface area contributed by atoms with Crippen molar-refractivity contribution >= 4 is 23.7 Å². The lowest BCUT2D eigenvalue weighted by atomic mass is 9.55. The van der Waals surface area contributed by atoms with Crippen LogP contribution in [0.2, 0.25) is 0 Å². The molecule has 160 valence electrons. The molecule has 0 aliphatic heterocycles. The van der Waals surface area contributed by atoms with Crippen molar-refractivity contribution in [2.75, 3.05) is 14.2 Å². The van der Waals surface area contributed by atoms with E-state index in [4.69, 9.17) is 14.2 Å². The molecule has 3 unspecified atom stereocenters. The first-order valence-electron chi connectivity index (χ1n) is 9.86. The summed E-state index contributed by atoms with van der Waals surface area (Å²) in [4.78, 5) is 49.8. The van der Waals surface area contributed by atoms with Gasteiger partial charge in [0.2, 0.25) is 0 Å². The highest BCUT2D eigenvalue weighted by Gasteiger charge is 2.55. The zero-order valence-corrected chi connectivity index (χ0v) is 17.9. The van der Waals surface area contributed by atoms with Crippen LogP contribution in [0.1, 0.15) is 47.0 Å². The number of carbonyl (C=O) groups excluding carboxylic acids is 4. The number of ether oxygens (including phenoxy) is 3. The summed E-state index contributed by atoms with van der Waals surface area (Å²) in [5, 5.41) is 0. The molecule has 0 amide bonds. The fourth-order valence-electron chi connectivity index (χ4n) is 4.46. The maximum atomic E-state index is 12.8. The molecule has 0 radical (unpaired) electrons. The number of esters is 3. The molecule has 2 aliphatic carbocycles. The quantitative estimate of drug-likeness (QED) is 0.393. The fraction of sp³-hybridized carbons (Fsp3) is 0.636. The molecule has 0 aromatic rings. The van der Waals surface area contributed by atoms with Crippen molar-refractivity contribution in [3.05, 3.63) is 23.3 Å². The first-order chi connectivity index (χ1) is 13.6. The standard InChI is InChI=1S/C22H30O7/c1-7-12(2)19(24)29-17-9-8-14-10-16(23)15(13(3)20(25)27-5)11-22(14,4)18(17)21(26)28-6/h7,11,13-14,17-18H,8-10H2,1-6H3/b12-7-/t13?,14-,17?,18?,22+/m1/s1. The molecule has 5 atom stereocenters. The number of allylic oxidation sites excluding steroid dienone is 2. The van der Waals surface area contributed by atoms with Crippen LogP contribution in [-0.2, 0) is 33.4 Å². The number of hydrogen-bond donors (Lipinski definition) is 0. The number of hydrogen-bond acceptors (Lipinski definition) is 7. The van der Waals surface area contributed by atoms with Crippen molar-refractivity contribution in [2.45, 2.75) is 53.1 Å². The Morgan fingerprint density at radius 1 is 1.21 bits per heavy atom. The van der Waals surface area contributed by atoms with Crippen LogP contribution in [0.4, 0.5) is 0 Å². The lowest BCUT2D eigenvalue weighted by Gasteiger charge is -2.49. The van der Waals surface area contributed by atoms with Crippen LogP contribution in [-0.4, -0.2) is 44.0 Å². The van der Waals surface area contributed by atoms with Gasteiger partial charge in [-0.25, -0.2) is 4.79 Å². The normalized spacial score (nSPS) is 30.6. The largest absolute Gasteiger partial charge is 0.469 e. The molecule has 0 N–H and O–H groups in total. The molecule has 0 bridgehead atoms. The first-order valence-corrected chi connectivity index (χ1v) is 9.86. The average Bonchev–Trinajstić information content (AvgIpc) is 2.71. The summed E-state index contributed by atoms with van der Waals surface area (Å²) in [5.41, 5.74) is 0.00225. The highest BCUT2D eigenvalue weighted by molar-refractivity contribution is 6.01. The topological polar surface area (TPSA) is 96.0 Å². The fourth-order valence-corrected chi connectivity index (χ4v) is 4.46. The van der Waals surface area contributed by atoms with E-state index in [-0.39, 0.29) is 18.1 Å². The summed E-state index contributed by atoms with van der Waals surface area (Å²) in [6, 6.07) is 0. The third kappa shape index (κ3) is 4.28. The van der Waals surface area contributed by atoms with Gasteiger partial charge in [-0.3, -0.25) is 14.4 Å². The van der Waals surface area contributed by atoms with Gasteiger partial charge in [0.25, 0.3) is 0 Å². The lowest BCUT2D eigenvalue weighted by Crippen LogP contribution is -2.53. The highest BCUT2D eigenvalue weighted by atomic mass is 16.6. The van der Waals surface area contributed by atoms with E-state index in [1.807, 2.05) is 6.92 Å². The maximum Gasteiger partial charge on any atom is 0.333 e. The number of methoxy groups -OCH3 is 2. The molecule has 2 aliphatic rings. The van der Waals surface area contributed by atoms with Crippen LogP contribution < -0.4 is 0 Å². The molecule has 7 nitrogen and oxygen atoms in total. The molecule has 1 fully saturated rings. The number of fused-ring (bicyclic) bond motifs is 1. The van der Waals surface area contributed by atoms with E-state index in [1.54, 1.807) is 32.9 Å². The van der Waals surface area contributed by atoms with Gasteiger partial charge in [0.05, 0.1) is 20.1 Å². The molecule has 0 spiro atoms. The van der Waals surface area contributed by atoms with Crippen molar-refractivity contribution in [1.29, 1.82) is 0 Å². The van der Waals surface area contributed by atoms with Crippen LogP contribution in [0.15, 0.2) is 23.3 Å². The highest BCUT2D eigenvalue weighted by Crippen LogP contribution is 2.53. The Morgan fingerprint density at radius 3 is 2.41 bits per heavy atom. The van der Waals surface area contributed by atoms with Crippen LogP contribution in [0.25, 0.3) is 0 Å². The van der Waals surface area contributed by atoms with Gasteiger partial charge in [0, 0.05) is 23.0 Å². The molecule has 0 aromatic heterocycles. The average molecular weight is 406 g/mol. The summed E-state index contributed by atoms with van der Waals surface area (Å²) in [6.45, 7) is 6.88. The third-order valence-corrected chi connectivity index (χ3v) is 6.43. The Hall–Kier alpha value is -2.44. The minimum atomic E-state index is -0.786. The smallest absolute Gasteiger partial charge is 0.333 e. The van der Waals surface area contributed by atoms with Crippen molar-refractivity contribution < 1.29 is 33.4 Å². The maximum absolute atomic E-state index is 12.8. The Kier molecular flexibility index (Phi) is 7.03. The SMILES string of the molecule is C/C=C(/C)C(=O)OC1CC[C@@H]2CC(=O)C(C(C)C(=O)OC)=C[C@]2(C)C1C(=O)OC. The second-order valence-electron chi connectivity index (χ2n) is 8.03. The van der Waals surface area contributed by atoms with E-state index in [1.165, 1.54) is 14.2 Å². The summed E-state index contributed by atoms with van der Waals surface area (Å²) >= 11 is 0. The first kappa shape index (κ1) is 22.8. The van der Waals surface area contributed by atoms with Crippen LogP contribution in [0.5, 0.6) is 0 Å². The zero-order valence-electron chi connectivity index (χ0n) is 17.9. The predicted molar refractivity (Wildman–Crippen MR) is 105 cm³/mol. The second kappa shape index (κ2) is 8.93. The Morgan fingerprint density at radius 2 is 1.86 bits per heavy atom. The van der Waals surface area contributed by atoms with Crippen LogP contribution in [0, 0.1) is 23.2 Å². The van der Waals surface area contributed by atoms with Crippen molar-refractivity contribution in [3.63, 3.8) is 0 Å². The molecule has 0 heterocycles. The van der Waals surface area contributed by atoms with Crippen LogP contribution in [0.3, 0.4) is 0 Å². The Bertz CT molecular complexity index is 763. The summed E-state index contributed by atoms with van der Waals surface area (Å²) < 4.78 is 15.5. The van der Waals surface area contributed by atoms with E-state index in [0.717, 1.165) is 0 Å². The van der Waals surface area contributed by atoms with Crippen LogP contribution >= 0.6 is 0 Å². The summed E-state index contributed by atoms with van der Waals surface area (Å²) in [5.74, 6) is -3.22. The molecule has 29 heavy (non-hydrogen) atoms. The summed E-state index contributed by atoms with van der Waals surface area (Å²) in [7, 11) is 2.56. The van der Waals surface area contributed by atoms with Gasteiger partial charge in [0.15, 0.2) is 5.78 Å². The van der Waals surface area contributed by atoms with E-state index in [2.05, 4.69) is 0 Å². The van der Waals surface area contributed by atoms with Crippen molar-refractivity contribution in [1.82, 2.24) is 0 Å². The molecule has 1 saturated carbocycles. The number of Topliss-reactive ketones (excluding diaryl/α,β-unsaturated/α-hetero) is 1. The van der Waals surface area contributed by atoms with Crippen molar-refractivity contribution in [2.24, 2.45) is 23.2 Å². The number of rotatable bonds is 5. The third-order valence-electron chi connectivity index (χ3n) is 6.43. The summed E-state index contributed by atoms with van der Waals surface area (Å²) in [6.07, 6.45) is 4.01. The van der Waals surface area contributed by atoms with Gasteiger partial charge < -0.3 is 14.2 Å². The van der Waals surface area contributed by atoms with Gasteiger partial charge in [-0.05, 0) is 39.5 Å². The monoisotopic (exact) mass is 406 g/mol. The van der Waals surface area contributed by atoms with Gasteiger partial charge in [-0.15, -0.1) is 0 Å². The minimum absolute atomic E-state index is 0.106. The van der Waals surface area contributed by atoms with Gasteiger partial charge >= 0.3 is 17.9 Å². The van der Waals surface area contributed by atoms with E-state index in [0.29, 0.717) is 24.0 Å². The van der Waals surface area contributed by atoms with E-state index >= 15 is 0 Å². The molecule has 0 saturated heterocycles. The van der Waals surface area contributed by atoms with E-state index < -0.39 is 41.3 Å². The number of carbonyl (C=O) groups is 4. The Labute approximate surface area is 171 Å². The molecular formula is C22H30O7. The van der Waals surface area contributed by atoms with E-state index in [9.17, 15) is 19.2 Å². The Balaban J connectivity index is 2.49. The second-order valence-corrected chi connectivity index (χ2v) is 8.03. The molecule has 0 aromatic carbocycles. The number of ketones is 1. The van der Waals surface area contributed by atoms with Gasteiger partial charge in [0.1, 0.15) is 12.0 Å². The zero-order chi connectivity index (χ0) is 21.9. The van der Waals surface area contributed by atoms with Gasteiger partial charge in [-0.2, -0.15) is 0 Å². The predicted octanol–water partition coefficient (Wildman–Crippen LogP) is 2.78. The lowest BCUT2D eigenvalue weighted by molar-refractivity contribution is -0.172. The molecular weight excluding hydrogens is 376 g/mol. The molecule has 2 rings (SSSR count).